The molecule has 0 amide bonds. The van der Waals surface area contributed by atoms with Gasteiger partial charge in [-0.05, 0) is 13.0 Å². The van der Waals surface area contributed by atoms with E-state index in [0.717, 1.165) is 12.3 Å². The molecule has 0 saturated carbocycles. The van der Waals surface area contributed by atoms with E-state index in [9.17, 15) is 13.2 Å². The number of ether oxygens (including phenoxy) is 2. The Morgan fingerprint density at radius 1 is 1.38 bits per heavy atom. The molecule has 1 aromatic heterocycles. The van der Waals surface area contributed by atoms with Crippen LogP contribution in [0.5, 0.6) is 5.88 Å². The van der Waals surface area contributed by atoms with E-state index in [1.54, 1.807) is 6.92 Å². The number of rotatable bonds is 4. The lowest BCUT2D eigenvalue weighted by Crippen LogP contribution is -2.18. The predicted octanol–water partition coefficient (Wildman–Crippen LogP) is 2.51. The Hall–Kier alpha value is -1.30. The third-order valence-electron chi connectivity index (χ3n) is 1.79. The van der Waals surface area contributed by atoms with E-state index in [0.29, 0.717) is 6.61 Å². The zero-order chi connectivity index (χ0) is 12.2. The molecule has 0 N–H and O–H groups in total. The molecule has 0 aromatic carbocycles. The van der Waals surface area contributed by atoms with E-state index < -0.39 is 11.7 Å². The number of pyridine rings is 1. The maximum atomic E-state index is 12.2. The fraction of sp³-hybridized carbons (Fsp3) is 0.500. The number of methoxy groups -OCH3 is 1. The minimum Gasteiger partial charge on any atom is -0.472 e. The topological polar surface area (TPSA) is 31.4 Å². The average molecular weight is 235 g/mol. The molecule has 0 fully saturated rings. The molecule has 90 valence electrons. The smallest absolute Gasteiger partial charge is 0.417 e. The second-order valence-electron chi connectivity index (χ2n) is 3.27. The second-order valence-corrected chi connectivity index (χ2v) is 3.27. The molecule has 16 heavy (non-hydrogen) atoms. The Balaban J connectivity index is 2.65. The summed E-state index contributed by atoms with van der Waals surface area (Å²) >= 11 is 0. The minimum atomic E-state index is -4.37. The van der Waals surface area contributed by atoms with Crippen LogP contribution in [0.4, 0.5) is 13.2 Å². The Kier molecular flexibility index (Phi) is 4.12. The molecular weight excluding hydrogens is 223 g/mol. The van der Waals surface area contributed by atoms with Gasteiger partial charge >= 0.3 is 6.18 Å². The van der Waals surface area contributed by atoms with Gasteiger partial charge in [0.25, 0.3) is 0 Å². The van der Waals surface area contributed by atoms with Crippen molar-refractivity contribution in [3.05, 3.63) is 23.9 Å². The molecule has 1 aromatic rings. The van der Waals surface area contributed by atoms with Gasteiger partial charge in [0.2, 0.25) is 5.88 Å². The SMILES string of the molecule is COCC(C)Oc1ccc(C(F)(F)F)cn1. The van der Waals surface area contributed by atoms with Gasteiger partial charge in [0.1, 0.15) is 6.10 Å². The third-order valence-corrected chi connectivity index (χ3v) is 1.79. The van der Waals surface area contributed by atoms with Crippen LogP contribution in [0.25, 0.3) is 0 Å². The van der Waals surface area contributed by atoms with Crippen LogP contribution in [-0.2, 0) is 10.9 Å². The molecule has 0 spiro atoms. The highest BCUT2D eigenvalue weighted by molar-refractivity contribution is 5.20. The first kappa shape index (κ1) is 12.8. The van der Waals surface area contributed by atoms with Crippen molar-refractivity contribution in [3.8, 4) is 5.88 Å². The van der Waals surface area contributed by atoms with Gasteiger partial charge in [0.15, 0.2) is 0 Å². The number of nitrogens with zero attached hydrogens (tertiary/aromatic N) is 1. The molecule has 0 aliphatic rings. The zero-order valence-electron chi connectivity index (χ0n) is 8.91. The van der Waals surface area contributed by atoms with E-state index in [4.69, 9.17) is 9.47 Å². The summed E-state index contributed by atoms with van der Waals surface area (Å²) in [6.07, 6.45) is -3.88. The summed E-state index contributed by atoms with van der Waals surface area (Å²) in [4.78, 5) is 3.57. The highest BCUT2D eigenvalue weighted by Crippen LogP contribution is 2.29. The average Bonchev–Trinajstić information content (AvgIpc) is 2.17. The number of hydrogen-bond acceptors (Lipinski definition) is 3. The summed E-state index contributed by atoms with van der Waals surface area (Å²) in [7, 11) is 1.51. The van der Waals surface area contributed by atoms with Gasteiger partial charge in [-0.3, -0.25) is 0 Å². The third kappa shape index (κ3) is 3.69. The van der Waals surface area contributed by atoms with Crippen LogP contribution in [-0.4, -0.2) is 24.8 Å². The Labute approximate surface area is 91.2 Å². The Bertz CT molecular complexity index is 324. The molecule has 0 aliphatic heterocycles. The summed E-state index contributed by atoms with van der Waals surface area (Å²) in [5.74, 6) is 0.151. The molecule has 0 bridgehead atoms. The molecule has 0 saturated heterocycles. The van der Waals surface area contributed by atoms with Crippen LogP contribution in [0.1, 0.15) is 12.5 Å². The largest absolute Gasteiger partial charge is 0.472 e. The zero-order valence-corrected chi connectivity index (χ0v) is 8.91. The monoisotopic (exact) mass is 235 g/mol. The van der Waals surface area contributed by atoms with Crippen LogP contribution in [0.3, 0.4) is 0 Å². The van der Waals surface area contributed by atoms with Crippen molar-refractivity contribution in [2.75, 3.05) is 13.7 Å². The number of halogens is 3. The lowest BCUT2D eigenvalue weighted by atomic mass is 10.3. The van der Waals surface area contributed by atoms with Crippen LogP contribution < -0.4 is 4.74 Å². The molecule has 1 atom stereocenters. The summed E-state index contributed by atoms with van der Waals surface area (Å²) in [6, 6.07) is 2.12. The first-order chi connectivity index (χ1) is 7.43. The maximum absolute atomic E-state index is 12.2. The van der Waals surface area contributed by atoms with Crippen molar-refractivity contribution >= 4 is 0 Å². The molecule has 3 nitrogen and oxygen atoms in total. The van der Waals surface area contributed by atoms with Crippen molar-refractivity contribution in [1.29, 1.82) is 0 Å². The number of hydrogen-bond donors (Lipinski definition) is 0. The fourth-order valence-electron chi connectivity index (χ4n) is 1.09. The lowest BCUT2D eigenvalue weighted by molar-refractivity contribution is -0.137. The summed E-state index contributed by atoms with van der Waals surface area (Å²) < 4.78 is 46.6. The van der Waals surface area contributed by atoms with Crippen molar-refractivity contribution in [1.82, 2.24) is 4.98 Å². The molecule has 6 heteroatoms. The molecule has 1 rings (SSSR count). The minimum absolute atomic E-state index is 0.151. The molecule has 1 unspecified atom stereocenters. The van der Waals surface area contributed by atoms with Gasteiger partial charge in [-0.25, -0.2) is 4.98 Å². The van der Waals surface area contributed by atoms with Gasteiger partial charge in [0.05, 0.1) is 12.2 Å². The van der Waals surface area contributed by atoms with E-state index in [2.05, 4.69) is 4.98 Å². The summed E-state index contributed by atoms with van der Waals surface area (Å²) in [5.41, 5.74) is -0.792. The van der Waals surface area contributed by atoms with E-state index in [1.165, 1.54) is 13.2 Å². The van der Waals surface area contributed by atoms with Crippen molar-refractivity contribution in [3.63, 3.8) is 0 Å². The number of alkyl halides is 3. The van der Waals surface area contributed by atoms with Crippen LogP contribution in [0, 0.1) is 0 Å². The van der Waals surface area contributed by atoms with Crippen LogP contribution in [0.15, 0.2) is 18.3 Å². The van der Waals surface area contributed by atoms with Crippen LogP contribution in [0.2, 0.25) is 0 Å². The standard InChI is InChI=1S/C10H12F3NO2/c1-7(6-15-2)16-9-4-3-8(5-14-9)10(11,12)13/h3-5,7H,6H2,1-2H3. The van der Waals surface area contributed by atoms with Crippen molar-refractivity contribution in [2.45, 2.75) is 19.2 Å². The van der Waals surface area contributed by atoms with Gasteiger partial charge in [-0.1, -0.05) is 0 Å². The molecule has 0 aliphatic carbocycles. The van der Waals surface area contributed by atoms with Gasteiger partial charge in [-0.2, -0.15) is 13.2 Å². The second kappa shape index (κ2) is 5.16. The normalized spacial score (nSPS) is 13.6. The lowest BCUT2D eigenvalue weighted by Gasteiger charge is -2.13. The summed E-state index contributed by atoms with van der Waals surface area (Å²) in [5, 5.41) is 0. The Morgan fingerprint density at radius 3 is 2.50 bits per heavy atom. The quantitative estimate of drug-likeness (QED) is 0.803. The van der Waals surface area contributed by atoms with Crippen molar-refractivity contribution < 1.29 is 22.6 Å². The first-order valence-corrected chi connectivity index (χ1v) is 4.62. The maximum Gasteiger partial charge on any atom is 0.417 e. The number of aromatic nitrogens is 1. The van der Waals surface area contributed by atoms with Crippen LogP contribution >= 0.6 is 0 Å². The fourth-order valence-corrected chi connectivity index (χ4v) is 1.09. The highest BCUT2D eigenvalue weighted by Gasteiger charge is 2.30. The van der Waals surface area contributed by atoms with E-state index in [1.807, 2.05) is 0 Å². The molecule has 0 radical (unpaired) electrons. The Morgan fingerprint density at radius 2 is 2.06 bits per heavy atom. The molecular formula is C10H12F3NO2. The molecule has 1 heterocycles. The van der Waals surface area contributed by atoms with E-state index in [-0.39, 0.29) is 12.0 Å². The van der Waals surface area contributed by atoms with Crippen molar-refractivity contribution in [2.24, 2.45) is 0 Å². The van der Waals surface area contributed by atoms with Gasteiger partial charge in [-0.15, -0.1) is 0 Å². The first-order valence-electron chi connectivity index (χ1n) is 4.62. The van der Waals surface area contributed by atoms with Gasteiger partial charge in [0, 0.05) is 19.4 Å². The predicted molar refractivity (Wildman–Crippen MR) is 51.2 cm³/mol. The van der Waals surface area contributed by atoms with E-state index >= 15 is 0 Å². The van der Waals surface area contributed by atoms with Gasteiger partial charge < -0.3 is 9.47 Å². The highest BCUT2D eigenvalue weighted by atomic mass is 19.4. The summed E-state index contributed by atoms with van der Waals surface area (Å²) in [6.45, 7) is 2.09.